The summed E-state index contributed by atoms with van der Waals surface area (Å²) in [6, 6.07) is 13.6. The van der Waals surface area contributed by atoms with Crippen molar-refractivity contribution in [2.24, 2.45) is 11.3 Å². The van der Waals surface area contributed by atoms with Crippen molar-refractivity contribution in [2.45, 2.75) is 91.1 Å². The molecule has 5 aromatic rings. The van der Waals surface area contributed by atoms with E-state index in [4.69, 9.17) is 19.4 Å². The highest BCUT2D eigenvalue weighted by molar-refractivity contribution is 5.93. The van der Waals surface area contributed by atoms with Crippen LogP contribution in [0.3, 0.4) is 0 Å². The summed E-state index contributed by atoms with van der Waals surface area (Å²) in [7, 11) is 2.56. The van der Waals surface area contributed by atoms with E-state index in [0.29, 0.717) is 24.7 Å². The van der Waals surface area contributed by atoms with E-state index in [1.165, 1.54) is 14.2 Å². The smallest absolute Gasteiger partial charge is 0.407 e. The van der Waals surface area contributed by atoms with Gasteiger partial charge in [0.05, 0.1) is 61.3 Å². The van der Waals surface area contributed by atoms with Gasteiger partial charge in [-0.1, -0.05) is 46.8 Å². The fourth-order valence-corrected chi connectivity index (χ4v) is 8.94. The minimum Gasteiger partial charge on any atom is -0.467 e. The normalized spacial score (nSPS) is 20.3. The zero-order valence-electron chi connectivity index (χ0n) is 36.0. The van der Waals surface area contributed by atoms with E-state index in [2.05, 4.69) is 100 Å². The molecule has 0 radical (unpaired) electrons. The topological polar surface area (TPSA) is 189 Å². The molecule has 0 saturated carbocycles. The number of aromatic nitrogens is 5. The SMILES string of the molecule is COC(=O)NCC(=O)N1CCCC1c1ncc(-c2ccc3c(c2)cc2n3C(C)(C(C)(C)C)Oc3cc(-c4cnc(C5CCCN5C(=O)C(NC(=O)OC)C(C)C)[nH]4)ccc3-2)[nH]1. The monoisotopic (exact) mass is 833 g/mol. The molecule has 6 heterocycles. The number of aromatic amines is 2. The lowest BCUT2D eigenvalue weighted by Gasteiger charge is -2.47. The van der Waals surface area contributed by atoms with Gasteiger partial charge < -0.3 is 49.2 Å². The first-order valence-electron chi connectivity index (χ1n) is 21.0. The van der Waals surface area contributed by atoms with Gasteiger partial charge in [0.2, 0.25) is 11.8 Å². The summed E-state index contributed by atoms with van der Waals surface area (Å²) in [4.78, 5) is 70.4. The molecule has 16 heteroatoms. The average Bonchev–Trinajstić information content (AvgIpc) is 4.09. The van der Waals surface area contributed by atoms with Gasteiger partial charge in [0.25, 0.3) is 0 Å². The van der Waals surface area contributed by atoms with Crippen LogP contribution in [0.1, 0.15) is 91.0 Å². The Labute approximate surface area is 354 Å². The zero-order valence-corrected chi connectivity index (χ0v) is 36.0. The minimum atomic E-state index is -0.769. The van der Waals surface area contributed by atoms with Crippen molar-refractivity contribution < 1.29 is 33.4 Å². The Morgan fingerprint density at radius 3 is 2.10 bits per heavy atom. The van der Waals surface area contributed by atoms with Crippen LogP contribution in [0.15, 0.2) is 54.9 Å². The third kappa shape index (κ3) is 7.45. The van der Waals surface area contributed by atoms with Gasteiger partial charge in [-0.25, -0.2) is 19.6 Å². The molecule has 4 atom stereocenters. The highest BCUT2D eigenvalue weighted by atomic mass is 16.5. The molecule has 2 fully saturated rings. The van der Waals surface area contributed by atoms with Crippen molar-refractivity contribution in [1.82, 2.24) is 44.9 Å². The van der Waals surface area contributed by atoms with Crippen LogP contribution in [-0.4, -0.2) is 98.2 Å². The summed E-state index contributed by atoms with van der Waals surface area (Å²) in [6.07, 6.45) is 5.53. The molecule has 0 bridgehead atoms. The Hall–Kier alpha value is -6.32. The molecule has 0 aliphatic carbocycles. The van der Waals surface area contributed by atoms with E-state index in [-0.39, 0.29) is 41.8 Å². The van der Waals surface area contributed by atoms with Crippen molar-refractivity contribution in [3.05, 3.63) is 66.5 Å². The number of benzene rings is 2. The van der Waals surface area contributed by atoms with Crippen LogP contribution in [0.2, 0.25) is 0 Å². The predicted molar refractivity (Wildman–Crippen MR) is 228 cm³/mol. The van der Waals surface area contributed by atoms with Crippen LogP contribution in [0.25, 0.3) is 44.7 Å². The molecule has 3 aliphatic rings. The summed E-state index contributed by atoms with van der Waals surface area (Å²) in [5.74, 6) is 1.69. The number of H-pyrrole nitrogens is 2. The number of fused-ring (bicyclic) bond motifs is 5. The Morgan fingerprint density at radius 1 is 0.869 bits per heavy atom. The molecule has 61 heavy (non-hydrogen) atoms. The fraction of sp³-hybridized carbons (Fsp3) is 0.467. The van der Waals surface area contributed by atoms with Crippen LogP contribution in [-0.2, 0) is 24.8 Å². The van der Waals surface area contributed by atoms with Crippen LogP contribution in [0.4, 0.5) is 9.59 Å². The van der Waals surface area contributed by atoms with E-state index in [0.717, 1.165) is 76.1 Å². The first-order chi connectivity index (χ1) is 29.1. The molecule has 8 rings (SSSR count). The molecular formula is C45H55N9O7. The van der Waals surface area contributed by atoms with Gasteiger partial charge in [-0.2, -0.15) is 0 Å². The summed E-state index contributed by atoms with van der Waals surface area (Å²) < 4.78 is 18.8. The van der Waals surface area contributed by atoms with Gasteiger partial charge in [0, 0.05) is 40.6 Å². The fourth-order valence-electron chi connectivity index (χ4n) is 8.94. The van der Waals surface area contributed by atoms with Gasteiger partial charge in [0.15, 0.2) is 5.72 Å². The zero-order chi connectivity index (χ0) is 43.4. The predicted octanol–water partition coefficient (Wildman–Crippen LogP) is 7.26. The van der Waals surface area contributed by atoms with E-state index in [1.54, 1.807) is 11.1 Å². The largest absolute Gasteiger partial charge is 0.467 e. The molecule has 322 valence electrons. The number of rotatable bonds is 9. The number of hydrogen-bond acceptors (Lipinski definition) is 9. The van der Waals surface area contributed by atoms with Crippen molar-refractivity contribution in [3.8, 4) is 39.5 Å². The first kappa shape index (κ1) is 41.4. The first-order valence-corrected chi connectivity index (χ1v) is 21.0. The lowest BCUT2D eigenvalue weighted by molar-refractivity contribution is -0.135. The maximum absolute atomic E-state index is 13.7. The van der Waals surface area contributed by atoms with E-state index >= 15 is 0 Å². The number of amides is 4. The lowest BCUT2D eigenvalue weighted by Crippen LogP contribution is -2.51. The number of imidazole rings is 2. The summed E-state index contributed by atoms with van der Waals surface area (Å²) in [5, 5.41) is 6.24. The standard InChI is InChI=1S/C45H55N9O7/c1-25(2)38(51-43(58)60-8)41(56)53-18-10-12-34(53)40-47-23-31(50-40)27-13-15-29-35-20-28-19-26(14-16-32(28)54(35)45(6,44(3,4)5)61-36(29)21-27)30-22-46-39(49-30)33-11-9-17-52(33)37(55)24-48-42(57)59-7/h13-16,19-23,25,33-34,38H,9-12,17-18,24H2,1-8H3,(H,46,49)(H,47,50)(H,48,57)(H,51,58). The van der Waals surface area contributed by atoms with Gasteiger partial charge in [-0.3, -0.25) is 9.59 Å². The molecule has 3 aliphatic heterocycles. The average molecular weight is 834 g/mol. The van der Waals surface area contributed by atoms with Gasteiger partial charge in [-0.05, 0) is 68.9 Å². The second-order valence-corrected chi connectivity index (χ2v) is 17.7. The second kappa shape index (κ2) is 15.9. The minimum absolute atomic E-state index is 0.127. The highest BCUT2D eigenvalue weighted by Crippen LogP contribution is 2.51. The van der Waals surface area contributed by atoms with E-state index in [1.807, 2.05) is 24.9 Å². The van der Waals surface area contributed by atoms with Gasteiger partial charge in [0.1, 0.15) is 30.0 Å². The highest BCUT2D eigenvalue weighted by Gasteiger charge is 2.47. The summed E-state index contributed by atoms with van der Waals surface area (Å²) >= 11 is 0. The maximum atomic E-state index is 13.7. The summed E-state index contributed by atoms with van der Waals surface area (Å²) in [6.45, 7) is 13.5. The molecule has 4 N–H and O–H groups in total. The maximum Gasteiger partial charge on any atom is 0.407 e. The molecule has 2 saturated heterocycles. The number of nitrogens with one attached hydrogen (secondary N) is 4. The molecule has 4 amide bonds. The number of nitrogens with zero attached hydrogens (tertiary/aromatic N) is 5. The molecule has 2 aromatic carbocycles. The number of likely N-dealkylation sites (tertiary alicyclic amines) is 2. The van der Waals surface area contributed by atoms with Crippen LogP contribution < -0.4 is 15.4 Å². The Balaban J connectivity index is 1.07. The van der Waals surface area contributed by atoms with Crippen molar-refractivity contribution in [2.75, 3.05) is 33.9 Å². The number of hydrogen-bond donors (Lipinski definition) is 4. The van der Waals surface area contributed by atoms with E-state index < -0.39 is 24.0 Å². The quantitative estimate of drug-likeness (QED) is 0.118. The van der Waals surface area contributed by atoms with Crippen molar-refractivity contribution in [1.29, 1.82) is 0 Å². The number of ether oxygens (including phenoxy) is 3. The Bertz CT molecular complexity index is 2500. The van der Waals surface area contributed by atoms with E-state index in [9.17, 15) is 19.2 Å². The van der Waals surface area contributed by atoms with Gasteiger partial charge >= 0.3 is 12.2 Å². The third-order valence-corrected chi connectivity index (χ3v) is 12.7. The second-order valence-electron chi connectivity index (χ2n) is 17.7. The number of carbonyl (C=O) groups is 4. The summed E-state index contributed by atoms with van der Waals surface area (Å²) in [5.41, 5.74) is 5.45. The lowest BCUT2D eigenvalue weighted by atomic mass is 9.82. The third-order valence-electron chi connectivity index (χ3n) is 12.7. The van der Waals surface area contributed by atoms with Crippen molar-refractivity contribution >= 4 is 34.9 Å². The van der Waals surface area contributed by atoms with Gasteiger partial charge in [-0.15, -0.1) is 0 Å². The Kier molecular flexibility index (Phi) is 10.8. The van der Waals surface area contributed by atoms with Crippen LogP contribution >= 0.6 is 0 Å². The molecule has 3 aromatic heterocycles. The Morgan fingerprint density at radius 2 is 1.48 bits per heavy atom. The van der Waals surface area contributed by atoms with Crippen molar-refractivity contribution in [3.63, 3.8) is 0 Å². The van der Waals surface area contributed by atoms with Crippen LogP contribution in [0, 0.1) is 11.3 Å². The molecule has 4 unspecified atom stereocenters. The van der Waals surface area contributed by atoms with Crippen LogP contribution in [0.5, 0.6) is 5.75 Å². The molecule has 16 nitrogen and oxygen atoms in total. The molecule has 0 spiro atoms. The number of methoxy groups -OCH3 is 2. The molecular weight excluding hydrogens is 779 g/mol. The number of alkyl carbamates (subject to hydrolysis) is 2. The number of carbonyl (C=O) groups excluding carboxylic acids is 4.